The molecule has 0 radical (unpaired) electrons. The standard InChI is InChI=1S/C18H35NO3/c1-4-6-7-8-9-10-11-12-13-14-15-17(18(21)22)19(5-2)16(3)20/h17H,4-15H2,1-3H3,(H,21,22). The Labute approximate surface area is 136 Å². The summed E-state index contributed by atoms with van der Waals surface area (Å²) in [6, 6.07) is -0.656. The van der Waals surface area contributed by atoms with Crippen molar-refractivity contribution < 1.29 is 14.7 Å². The number of carbonyl (C=O) groups is 2. The Hall–Kier alpha value is -1.06. The Balaban J connectivity index is 3.73. The SMILES string of the molecule is CCCCCCCCCCCCC(C(=O)O)N(CC)C(C)=O. The van der Waals surface area contributed by atoms with E-state index in [0.29, 0.717) is 13.0 Å². The lowest BCUT2D eigenvalue weighted by Gasteiger charge is -2.26. The van der Waals surface area contributed by atoms with E-state index in [1.54, 1.807) is 0 Å². The molecule has 22 heavy (non-hydrogen) atoms. The molecule has 0 aromatic heterocycles. The highest BCUT2D eigenvalue weighted by atomic mass is 16.4. The largest absolute Gasteiger partial charge is 0.480 e. The van der Waals surface area contributed by atoms with Crippen LogP contribution in [0.4, 0.5) is 0 Å². The lowest BCUT2D eigenvalue weighted by Crippen LogP contribution is -2.43. The predicted octanol–water partition coefficient (Wildman–Crippen LogP) is 4.62. The minimum Gasteiger partial charge on any atom is -0.480 e. The van der Waals surface area contributed by atoms with E-state index < -0.39 is 12.0 Å². The number of nitrogens with zero attached hydrogens (tertiary/aromatic N) is 1. The third kappa shape index (κ3) is 9.80. The molecule has 130 valence electrons. The zero-order valence-electron chi connectivity index (χ0n) is 14.8. The Kier molecular flexibility index (Phi) is 12.9. The molecule has 0 bridgehead atoms. The van der Waals surface area contributed by atoms with Gasteiger partial charge in [-0.3, -0.25) is 4.79 Å². The molecule has 0 aliphatic rings. The van der Waals surface area contributed by atoms with E-state index in [1.807, 2.05) is 6.92 Å². The van der Waals surface area contributed by atoms with Crippen molar-refractivity contribution in [1.29, 1.82) is 0 Å². The molecular weight excluding hydrogens is 278 g/mol. The van der Waals surface area contributed by atoms with E-state index in [0.717, 1.165) is 12.8 Å². The maximum Gasteiger partial charge on any atom is 0.326 e. The van der Waals surface area contributed by atoms with Gasteiger partial charge in [-0.15, -0.1) is 0 Å². The average Bonchev–Trinajstić information content (AvgIpc) is 2.47. The van der Waals surface area contributed by atoms with Gasteiger partial charge in [0.1, 0.15) is 6.04 Å². The first-order valence-corrected chi connectivity index (χ1v) is 9.04. The van der Waals surface area contributed by atoms with Gasteiger partial charge < -0.3 is 10.0 Å². The Morgan fingerprint density at radius 1 is 0.864 bits per heavy atom. The van der Waals surface area contributed by atoms with Crippen molar-refractivity contribution in [3.8, 4) is 0 Å². The molecule has 0 saturated heterocycles. The van der Waals surface area contributed by atoms with E-state index in [1.165, 1.54) is 63.2 Å². The first-order chi connectivity index (χ1) is 10.5. The molecule has 0 heterocycles. The van der Waals surface area contributed by atoms with Crippen LogP contribution in [0, 0.1) is 0 Å². The quantitative estimate of drug-likeness (QED) is 0.476. The van der Waals surface area contributed by atoms with Gasteiger partial charge in [0.25, 0.3) is 0 Å². The van der Waals surface area contributed by atoms with Gasteiger partial charge in [0.15, 0.2) is 0 Å². The van der Waals surface area contributed by atoms with Crippen molar-refractivity contribution in [2.24, 2.45) is 0 Å². The third-order valence-corrected chi connectivity index (χ3v) is 4.24. The number of rotatable bonds is 14. The van der Waals surface area contributed by atoms with Gasteiger partial charge in [-0.25, -0.2) is 4.79 Å². The molecule has 1 amide bonds. The van der Waals surface area contributed by atoms with Gasteiger partial charge in [0.05, 0.1) is 0 Å². The minimum absolute atomic E-state index is 0.151. The molecule has 1 atom stereocenters. The number of hydrogen-bond donors (Lipinski definition) is 1. The number of amides is 1. The van der Waals surface area contributed by atoms with Crippen LogP contribution in [-0.2, 0) is 9.59 Å². The predicted molar refractivity (Wildman–Crippen MR) is 90.9 cm³/mol. The van der Waals surface area contributed by atoms with Crippen molar-refractivity contribution in [2.75, 3.05) is 6.54 Å². The van der Waals surface area contributed by atoms with E-state index in [9.17, 15) is 14.7 Å². The molecule has 1 unspecified atom stereocenters. The van der Waals surface area contributed by atoms with Crippen molar-refractivity contribution in [3.05, 3.63) is 0 Å². The van der Waals surface area contributed by atoms with Crippen LogP contribution < -0.4 is 0 Å². The highest BCUT2D eigenvalue weighted by Crippen LogP contribution is 2.14. The van der Waals surface area contributed by atoms with Crippen LogP contribution in [0.1, 0.15) is 91.4 Å². The summed E-state index contributed by atoms with van der Waals surface area (Å²) >= 11 is 0. The van der Waals surface area contributed by atoms with Crippen LogP contribution in [-0.4, -0.2) is 34.5 Å². The summed E-state index contributed by atoms with van der Waals surface area (Å²) in [5, 5.41) is 9.27. The second-order valence-electron chi connectivity index (χ2n) is 6.13. The van der Waals surface area contributed by atoms with Crippen molar-refractivity contribution >= 4 is 11.9 Å². The van der Waals surface area contributed by atoms with E-state index >= 15 is 0 Å². The molecule has 0 aromatic carbocycles. The number of likely N-dealkylation sites (N-methyl/N-ethyl adjacent to an activating group) is 1. The molecule has 4 nitrogen and oxygen atoms in total. The second-order valence-corrected chi connectivity index (χ2v) is 6.13. The lowest BCUT2D eigenvalue weighted by atomic mass is 10.0. The van der Waals surface area contributed by atoms with Gasteiger partial charge in [0.2, 0.25) is 5.91 Å². The number of carboxylic acid groups (broad SMARTS) is 1. The molecule has 0 aromatic rings. The summed E-state index contributed by atoms with van der Waals surface area (Å²) < 4.78 is 0. The minimum atomic E-state index is -0.882. The van der Waals surface area contributed by atoms with Gasteiger partial charge >= 0.3 is 5.97 Å². The highest BCUT2D eigenvalue weighted by molar-refractivity contribution is 5.82. The third-order valence-electron chi connectivity index (χ3n) is 4.24. The molecular formula is C18H35NO3. The molecule has 0 aliphatic carbocycles. The summed E-state index contributed by atoms with van der Waals surface area (Å²) in [6.45, 7) is 5.97. The summed E-state index contributed by atoms with van der Waals surface area (Å²) in [5.74, 6) is -1.03. The second kappa shape index (κ2) is 13.6. The van der Waals surface area contributed by atoms with Crippen molar-refractivity contribution in [2.45, 2.75) is 97.4 Å². The number of carboxylic acids is 1. The molecule has 0 fully saturated rings. The van der Waals surface area contributed by atoms with E-state index in [2.05, 4.69) is 6.92 Å². The van der Waals surface area contributed by atoms with E-state index in [-0.39, 0.29) is 5.91 Å². The summed E-state index contributed by atoms with van der Waals surface area (Å²) in [7, 11) is 0. The maximum atomic E-state index is 11.5. The molecule has 0 aliphatic heterocycles. The highest BCUT2D eigenvalue weighted by Gasteiger charge is 2.25. The zero-order chi connectivity index (χ0) is 16.8. The fourth-order valence-electron chi connectivity index (χ4n) is 2.90. The summed E-state index contributed by atoms with van der Waals surface area (Å²) in [4.78, 5) is 24.2. The molecule has 0 saturated carbocycles. The first-order valence-electron chi connectivity index (χ1n) is 9.04. The van der Waals surface area contributed by atoms with Crippen LogP contribution in [0.3, 0.4) is 0 Å². The number of unbranched alkanes of at least 4 members (excludes halogenated alkanes) is 9. The van der Waals surface area contributed by atoms with Crippen LogP contribution >= 0.6 is 0 Å². The average molecular weight is 313 g/mol. The Bertz CT molecular complexity index is 305. The normalized spacial score (nSPS) is 12.1. The van der Waals surface area contributed by atoms with Crippen LogP contribution in [0.15, 0.2) is 0 Å². The summed E-state index contributed by atoms with van der Waals surface area (Å²) in [6.07, 6.45) is 12.9. The van der Waals surface area contributed by atoms with Gasteiger partial charge in [-0.2, -0.15) is 0 Å². The summed E-state index contributed by atoms with van der Waals surface area (Å²) in [5.41, 5.74) is 0. The number of aliphatic carboxylic acids is 1. The lowest BCUT2D eigenvalue weighted by molar-refractivity contribution is -0.149. The van der Waals surface area contributed by atoms with Gasteiger partial charge in [-0.1, -0.05) is 71.1 Å². The topological polar surface area (TPSA) is 57.6 Å². The molecule has 1 N–H and O–H groups in total. The monoisotopic (exact) mass is 313 g/mol. The maximum absolute atomic E-state index is 11.5. The fourth-order valence-corrected chi connectivity index (χ4v) is 2.90. The van der Waals surface area contributed by atoms with Crippen LogP contribution in [0.5, 0.6) is 0 Å². The fraction of sp³-hybridized carbons (Fsp3) is 0.889. The Morgan fingerprint density at radius 3 is 1.68 bits per heavy atom. The molecule has 4 heteroatoms. The van der Waals surface area contributed by atoms with Crippen LogP contribution in [0.2, 0.25) is 0 Å². The van der Waals surface area contributed by atoms with Gasteiger partial charge in [0, 0.05) is 13.5 Å². The van der Waals surface area contributed by atoms with Crippen molar-refractivity contribution in [3.63, 3.8) is 0 Å². The van der Waals surface area contributed by atoms with Crippen molar-refractivity contribution in [1.82, 2.24) is 4.90 Å². The van der Waals surface area contributed by atoms with Crippen LogP contribution in [0.25, 0.3) is 0 Å². The molecule has 0 spiro atoms. The smallest absolute Gasteiger partial charge is 0.326 e. The Morgan fingerprint density at radius 2 is 1.32 bits per heavy atom. The first kappa shape index (κ1) is 20.9. The number of carbonyl (C=O) groups excluding carboxylic acids is 1. The van der Waals surface area contributed by atoms with E-state index in [4.69, 9.17) is 0 Å². The van der Waals surface area contributed by atoms with Gasteiger partial charge in [-0.05, 0) is 13.3 Å². The number of hydrogen-bond acceptors (Lipinski definition) is 2. The molecule has 0 rings (SSSR count). The zero-order valence-corrected chi connectivity index (χ0v) is 14.8.